The Morgan fingerprint density at radius 1 is 1.22 bits per heavy atom. The average molecular weight is 316 g/mol. The zero-order chi connectivity index (χ0) is 16.1. The van der Waals surface area contributed by atoms with Gasteiger partial charge in [0.15, 0.2) is 0 Å². The van der Waals surface area contributed by atoms with Crippen LogP contribution in [-0.2, 0) is 4.79 Å². The lowest BCUT2D eigenvalue weighted by atomic mass is 9.95. The fraction of sp³-hybridized carbons (Fsp3) is 0.611. The van der Waals surface area contributed by atoms with Crippen LogP contribution in [-0.4, -0.2) is 43.0 Å². The van der Waals surface area contributed by atoms with Crippen LogP contribution in [0.2, 0.25) is 0 Å². The summed E-state index contributed by atoms with van der Waals surface area (Å²) in [6.07, 6.45) is 3.04. The first-order valence-electron chi connectivity index (χ1n) is 8.83. The minimum Gasteiger partial charge on any atom is -0.341 e. The third-order valence-corrected chi connectivity index (χ3v) is 5.01. The topological polar surface area (TPSA) is 56.4 Å². The summed E-state index contributed by atoms with van der Waals surface area (Å²) >= 11 is 0. The van der Waals surface area contributed by atoms with Crippen molar-refractivity contribution >= 4 is 5.91 Å². The van der Waals surface area contributed by atoms with E-state index in [0.717, 1.165) is 45.4 Å². The number of piperidine rings is 1. The number of hydrogen-bond acceptors (Lipinski definition) is 4. The lowest BCUT2D eigenvalue weighted by Crippen LogP contribution is -2.49. The van der Waals surface area contributed by atoms with Gasteiger partial charge in [-0.15, -0.1) is 0 Å². The molecule has 2 aliphatic rings. The Hall–Kier alpha value is -1.43. The zero-order valence-corrected chi connectivity index (χ0v) is 13.9. The lowest BCUT2D eigenvalue weighted by Gasteiger charge is -2.33. The molecule has 2 atom stereocenters. The van der Waals surface area contributed by atoms with Crippen LogP contribution in [0.1, 0.15) is 37.8 Å². The highest BCUT2D eigenvalue weighted by molar-refractivity contribution is 5.82. The van der Waals surface area contributed by atoms with Gasteiger partial charge in [0, 0.05) is 19.1 Å². The van der Waals surface area contributed by atoms with E-state index >= 15 is 0 Å². The molecule has 3 N–H and O–H groups in total. The Morgan fingerprint density at radius 3 is 2.65 bits per heavy atom. The van der Waals surface area contributed by atoms with Crippen molar-refractivity contribution in [3.05, 3.63) is 35.9 Å². The molecule has 3 rings (SSSR count). The van der Waals surface area contributed by atoms with Crippen molar-refractivity contribution in [1.29, 1.82) is 0 Å². The SMILES string of the molecule is CCNCC1CCN(C(=O)C2CC(c3ccccc3)NN2)CC1. The molecule has 2 saturated heterocycles. The molecule has 5 heteroatoms. The highest BCUT2D eigenvalue weighted by atomic mass is 16.2. The quantitative estimate of drug-likeness (QED) is 0.769. The van der Waals surface area contributed by atoms with E-state index in [4.69, 9.17) is 0 Å². The molecule has 2 heterocycles. The first-order chi connectivity index (χ1) is 11.3. The van der Waals surface area contributed by atoms with Crippen molar-refractivity contribution in [2.24, 2.45) is 5.92 Å². The maximum Gasteiger partial charge on any atom is 0.241 e. The number of hydrazine groups is 1. The van der Waals surface area contributed by atoms with E-state index in [2.05, 4.69) is 35.2 Å². The Kier molecular flexibility index (Phi) is 5.65. The minimum atomic E-state index is -0.106. The third kappa shape index (κ3) is 4.10. The van der Waals surface area contributed by atoms with Gasteiger partial charge in [-0.05, 0) is 43.8 Å². The molecule has 0 radical (unpaired) electrons. The molecule has 0 saturated carbocycles. The molecule has 1 amide bonds. The summed E-state index contributed by atoms with van der Waals surface area (Å²) in [4.78, 5) is 14.7. The molecule has 5 nitrogen and oxygen atoms in total. The Labute approximate surface area is 138 Å². The zero-order valence-electron chi connectivity index (χ0n) is 13.9. The number of carbonyl (C=O) groups excluding carboxylic acids is 1. The van der Waals surface area contributed by atoms with Gasteiger partial charge in [0.05, 0.1) is 0 Å². The fourth-order valence-electron chi connectivity index (χ4n) is 3.55. The molecule has 2 unspecified atom stereocenters. The minimum absolute atomic E-state index is 0.106. The molecular weight excluding hydrogens is 288 g/mol. The highest BCUT2D eigenvalue weighted by Gasteiger charge is 2.34. The number of nitrogens with zero attached hydrogens (tertiary/aromatic N) is 1. The molecule has 0 bridgehead atoms. The molecule has 2 fully saturated rings. The second-order valence-corrected chi connectivity index (χ2v) is 6.62. The van der Waals surface area contributed by atoms with E-state index in [1.165, 1.54) is 5.56 Å². The molecule has 2 aliphatic heterocycles. The number of hydrogen-bond donors (Lipinski definition) is 3. The van der Waals surface area contributed by atoms with Crippen molar-refractivity contribution in [3.8, 4) is 0 Å². The maximum absolute atomic E-state index is 12.7. The number of likely N-dealkylation sites (tertiary alicyclic amines) is 1. The Bertz CT molecular complexity index is 499. The van der Waals surface area contributed by atoms with Crippen molar-refractivity contribution in [2.75, 3.05) is 26.2 Å². The third-order valence-electron chi connectivity index (χ3n) is 5.01. The second kappa shape index (κ2) is 7.90. The fourth-order valence-corrected chi connectivity index (χ4v) is 3.55. The van der Waals surface area contributed by atoms with E-state index in [1.54, 1.807) is 0 Å². The first kappa shape index (κ1) is 16.4. The number of carbonyl (C=O) groups is 1. The molecule has 0 spiro atoms. The highest BCUT2D eigenvalue weighted by Crippen LogP contribution is 2.24. The first-order valence-corrected chi connectivity index (χ1v) is 8.83. The molecule has 126 valence electrons. The maximum atomic E-state index is 12.7. The van der Waals surface area contributed by atoms with Crippen molar-refractivity contribution in [3.63, 3.8) is 0 Å². The molecular formula is C18H28N4O. The predicted molar refractivity (Wildman–Crippen MR) is 91.7 cm³/mol. The lowest BCUT2D eigenvalue weighted by molar-refractivity contribution is -0.134. The molecule has 23 heavy (non-hydrogen) atoms. The van der Waals surface area contributed by atoms with Gasteiger partial charge in [0.25, 0.3) is 0 Å². The monoisotopic (exact) mass is 316 g/mol. The van der Waals surface area contributed by atoms with Gasteiger partial charge in [0.1, 0.15) is 6.04 Å². The number of amides is 1. The van der Waals surface area contributed by atoms with E-state index < -0.39 is 0 Å². The molecule has 1 aromatic carbocycles. The number of nitrogens with one attached hydrogen (secondary N) is 3. The smallest absolute Gasteiger partial charge is 0.241 e. The summed E-state index contributed by atoms with van der Waals surface area (Å²) in [6, 6.07) is 10.4. The van der Waals surface area contributed by atoms with Gasteiger partial charge in [-0.25, -0.2) is 10.9 Å². The van der Waals surface area contributed by atoms with Gasteiger partial charge in [-0.1, -0.05) is 37.3 Å². The summed E-state index contributed by atoms with van der Waals surface area (Å²) < 4.78 is 0. The van der Waals surface area contributed by atoms with Crippen LogP contribution in [0.3, 0.4) is 0 Å². The van der Waals surface area contributed by atoms with Crippen molar-refractivity contribution < 1.29 is 4.79 Å². The van der Waals surface area contributed by atoms with Gasteiger partial charge in [-0.2, -0.15) is 0 Å². The largest absolute Gasteiger partial charge is 0.341 e. The summed E-state index contributed by atoms with van der Waals surface area (Å²) in [5, 5.41) is 3.42. The van der Waals surface area contributed by atoms with Gasteiger partial charge in [-0.3, -0.25) is 4.79 Å². The van der Waals surface area contributed by atoms with Crippen LogP contribution in [0.15, 0.2) is 30.3 Å². The number of rotatable bonds is 5. The van der Waals surface area contributed by atoms with Crippen LogP contribution >= 0.6 is 0 Å². The predicted octanol–water partition coefficient (Wildman–Crippen LogP) is 1.44. The molecule has 0 aromatic heterocycles. The average Bonchev–Trinajstić information content (AvgIpc) is 3.11. The van der Waals surface area contributed by atoms with Crippen LogP contribution in [0.25, 0.3) is 0 Å². The van der Waals surface area contributed by atoms with E-state index in [0.29, 0.717) is 5.92 Å². The van der Waals surface area contributed by atoms with E-state index in [-0.39, 0.29) is 18.0 Å². The van der Waals surface area contributed by atoms with E-state index in [9.17, 15) is 4.79 Å². The second-order valence-electron chi connectivity index (χ2n) is 6.62. The van der Waals surface area contributed by atoms with Crippen molar-refractivity contribution in [1.82, 2.24) is 21.1 Å². The van der Waals surface area contributed by atoms with Gasteiger partial charge < -0.3 is 10.2 Å². The van der Waals surface area contributed by atoms with Crippen LogP contribution in [0, 0.1) is 5.92 Å². The summed E-state index contributed by atoms with van der Waals surface area (Å²) in [5.41, 5.74) is 7.70. The normalized spacial score (nSPS) is 25.7. The molecule has 0 aliphatic carbocycles. The van der Waals surface area contributed by atoms with Crippen LogP contribution in [0.4, 0.5) is 0 Å². The summed E-state index contributed by atoms with van der Waals surface area (Å²) in [7, 11) is 0. The van der Waals surface area contributed by atoms with Crippen molar-refractivity contribution in [2.45, 2.75) is 38.3 Å². The Balaban J connectivity index is 1.48. The number of benzene rings is 1. The Morgan fingerprint density at radius 2 is 1.96 bits per heavy atom. The molecule has 1 aromatic rings. The summed E-state index contributed by atoms with van der Waals surface area (Å²) in [5.74, 6) is 0.962. The van der Waals surface area contributed by atoms with Crippen LogP contribution in [0.5, 0.6) is 0 Å². The van der Waals surface area contributed by atoms with E-state index in [1.807, 2.05) is 23.1 Å². The summed E-state index contributed by atoms with van der Waals surface area (Å²) in [6.45, 7) is 6.03. The standard InChI is InChI=1S/C18H28N4O/c1-2-19-13-14-8-10-22(11-9-14)18(23)17-12-16(20-21-17)15-6-4-3-5-7-15/h3-7,14,16-17,19-21H,2,8-13H2,1H3. The van der Waals surface area contributed by atoms with Gasteiger partial charge in [0.2, 0.25) is 5.91 Å². The van der Waals surface area contributed by atoms with Crippen LogP contribution < -0.4 is 16.2 Å². The van der Waals surface area contributed by atoms with Gasteiger partial charge >= 0.3 is 0 Å².